The molecule has 1 aliphatic rings. The minimum absolute atomic E-state index is 0.0261. The van der Waals surface area contributed by atoms with Gasteiger partial charge in [0, 0.05) is 18.4 Å². The molecule has 1 aliphatic carbocycles. The molecule has 3 rings (SSSR count). The summed E-state index contributed by atoms with van der Waals surface area (Å²) < 4.78 is 26.3. The fraction of sp³-hybridized carbons (Fsp3) is 0.235. The van der Waals surface area contributed by atoms with Gasteiger partial charge in [0.25, 0.3) is 0 Å². The van der Waals surface area contributed by atoms with Gasteiger partial charge in [0.2, 0.25) is 0 Å². The van der Waals surface area contributed by atoms with Crippen LogP contribution < -0.4 is 0 Å². The molecule has 102 valence electrons. The number of hydrogen-bond donors (Lipinski definition) is 0. The Hall–Kier alpha value is -2.03. The third-order valence-electron chi connectivity index (χ3n) is 3.81. The molecular formula is C17H14F2O. The standard InChI is InChI=1S/C17H14F2O/c18-13-7-6-12(16(19)9-13)8-17(20)15-10-14(15)11-4-2-1-3-5-11/h1-7,9,14-15H,8,10H2. The van der Waals surface area contributed by atoms with Gasteiger partial charge in [-0.2, -0.15) is 0 Å². The van der Waals surface area contributed by atoms with Gasteiger partial charge in [-0.15, -0.1) is 0 Å². The van der Waals surface area contributed by atoms with Crippen molar-refractivity contribution in [2.45, 2.75) is 18.8 Å². The van der Waals surface area contributed by atoms with E-state index in [2.05, 4.69) is 0 Å². The summed E-state index contributed by atoms with van der Waals surface area (Å²) in [6, 6.07) is 13.2. The van der Waals surface area contributed by atoms with Crippen molar-refractivity contribution in [1.82, 2.24) is 0 Å². The number of ketones is 1. The van der Waals surface area contributed by atoms with E-state index in [1.54, 1.807) is 0 Å². The van der Waals surface area contributed by atoms with Gasteiger partial charge >= 0.3 is 0 Å². The van der Waals surface area contributed by atoms with Crippen molar-refractivity contribution in [2.75, 3.05) is 0 Å². The molecule has 0 N–H and O–H groups in total. The van der Waals surface area contributed by atoms with E-state index in [0.717, 1.165) is 18.1 Å². The lowest BCUT2D eigenvalue weighted by Crippen LogP contribution is -2.08. The number of carbonyl (C=O) groups excluding carboxylic acids is 1. The van der Waals surface area contributed by atoms with Crippen molar-refractivity contribution in [3.05, 3.63) is 71.3 Å². The summed E-state index contributed by atoms with van der Waals surface area (Å²) in [5.74, 6) is -0.999. The van der Waals surface area contributed by atoms with E-state index in [-0.39, 0.29) is 29.6 Å². The molecule has 0 aromatic heterocycles. The lowest BCUT2D eigenvalue weighted by molar-refractivity contribution is -0.119. The summed E-state index contributed by atoms with van der Waals surface area (Å²) >= 11 is 0. The monoisotopic (exact) mass is 272 g/mol. The maximum absolute atomic E-state index is 13.5. The molecule has 1 nitrogen and oxygen atoms in total. The Labute approximate surface area is 116 Å². The zero-order chi connectivity index (χ0) is 14.1. The van der Waals surface area contributed by atoms with Crippen LogP contribution >= 0.6 is 0 Å². The number of carbonyl (C=O) groups is 1. The second-order valence-electron chi connectivity index (χ2n) is 5.24. The van der Waals surface area contributed by atoms with E-state index in [1.165, 1.54) is 12.1 Å². The van der Waals surface area contributed by atoms with Gasteiger partial charge in [-0.05, 0) is 29.5 Å². The minimum atomic E-state index is -0.643. The molecule has 3 heteroatoms. The van der Waals surface area contributed by atoms with Crippen LogP contribution in [0.5, 0.6) is 0 Å². The van der Waals surface area contributed by atoms with Crippen LogP contribution in [-0.4, -0.2) is 5.78 Å². The molecular weight excluding hydrogens is 258 g/mol. The first-order valence-corrected chi connectivity index (χ1v) is 6.67. The van der Waals surface area contributed by atoms with Gasteiger partial charge in [-0.25, -0.2) is 8.78 Å². The third-order valence-corrected chi connectivity index (χ3v) is 3.81. The molecule has 20 heavy (non-hydrogen) atoms. The molecule has 2 atom stereocenters. The second kappa shape index (κ2) is 5.16. The number of rotatable bonds is 4. The molecule has 1 saturated carbocycles. The lowest BCUT2D eigenvalue weighted by atomic mass is 10.0. The quantitative estimate of drug-likeness (QED) is 0.825. The van der Waals surface area contributed by atoms with Gasteiger partial charge < -0.3 is 0 Å². The first kappa shape index (κ1) is 13.0. The molecule has 2 aromatic carbocycles. The van der Waals surface area contributed by atoms with Crippen LogP contribution in [0.25, 0.3) is 0 Å². The van der Waals surface area contributed by atoms with Crippen LogP contribution in [0.4, 0.5) is 8.78 Å². The van der Waals surface area contributed by atoms with Crippen molar-refractivity contribution in [3.8, 4) is 0 Å². The predicted molar refractivity (Wildman–Crippen MR) is 72.4 cm³/mol. The summed E-state index contributed by atoms with van der Waals surface area (Å²) in [7, 11) is 0. The maximum Gasteiger partial charge on any atom is 0.141 e. The topological polar surface area (TPSA) is 17.1 Å². The highest BCUT2D eigenvalue weighted by Gasteiger charge is 2.43. The van der Waals surface area contributed by atoms with Crippen LogP contribution in [0.3, 0.4) is 0 Å². The van der Waals surface area contributed by atoms with Gasteiger partial charge in [-0.1, -0.05) is 36.4 Å². The molecule has 2 aromatic rings. The van der Waals surface area contributed by atoms with E-state index < -0.39 is 11.6 Å². The molecule has 0 aliphatic heterocycles. The smallest absolute Gasteiger partial charge is 0.141 e. The number of halogens is 2. The molecule has 0 bridgehead atoms. The number of benzene rings is 2. The number of Topliss-reactive ketones (excluding diaryl/α,β-unsaturated/α-hetero) is 1. The Balaban J connectivity index is 1.67. The fourth-order valence-corrected chi connectivity index (χ4v) is 2.60. The Bertz CT molecular complexity index is 637. The van der Waals surface area contributed by atoms with Crippen molar-refractivity contribution in [2.24, 2.45) is 5.92 Å². The van der Waals surface area contributed by atoms with E-state index in [9.17, 15) is 13.6 Å². The van der Waals surface area contributed by atoms with Crippen molar-refractivity contribution in [1.29, 1.82) is 0 Å². The summed E-state index contributed by atoms with van der Waals surface area (Å²) in [6.07, 6.45) is 0.867. The average molecular weight is 272 g/mol. The molecule has 0 saturated heterocycles. The summed E-state index contributed by atoms with van der Waals surface area (Å²) in [4.78, 5) is 12.1. The van der Waals surface area contributed by atoms with Gasteiger partial charge in [0.1, 0.15) is 17.4 Å². The van der Waals surface area contributed by atoms with Crippen LogP contribution in [0.15, 0.2) is 48.5 Å². The fourth-order valence-electron chi connectivity index (χ4n) is 2.60. The summed E-state index contributed by atoms with van der Waals surface area (Å²) in [5.41, 5.74) is 1.43. The Morgan fingerprint density at radius 2 is 1.85 bits per heavy atom. The summed E-state index contributed by atoms with van der Waals surface area (Å²) in [6.45, 7) is 0. The van der Waals surface area contributed by atoms with E-state index in [1.807, 2.05) is 30.3 Å². The van der Waals surface area contributed by atoms with E-state index in [4.69, 9.17) is 0 Å². The van der Waals surface area contributed by atoms with Crippen molar-refractivity contribution < 1.29 is 13.6 Å². The third kappa shape index (κ3) is 2.62. The minimum Gasteiger partial charge on any atom is -0.299 e. The zero-order valence-electron chi connectivity index (χ0n) is 10.9. The second-order valence-corrected chi connectivity index (χ2v) is 5.24. The molecule has 0 radical (unpaired) electrons. The van der Waals surface area contributed by atoms with Gasteiger partial charge in [-0.3, -0.25) is 4.79 Å². The van der Waals surface area contributed by atoms with Crippen molar-refractivity contribution >= 4 is 5.78 Å². The number of hydrogen-bond acceptors (Lipinski definition) is 1. The molecule has 0 spiro atoms. The highest BCUT2D eigenvalue weighted by atomic mass is 19.1. The molecule has 2 unspecified atom stereocenters. The van der Waals surface area contributed by atoms with E-state index >= 15 is 0 Å². The SMILES string of the molecule is O=C(Cc1ccc(F)cc1F)C1CC1c1ccccc1. The maximum atomic E-state index is 13.5. The molecule has 0 heterocycles. The Morgan fingerprint density at radius 3 is 2.55 bits per heavy atom. The van der Waals surface area contributed by atoms with Crippen molar-refractivity contribution in [3.63, 3.8) is 0 Å². The Morgan fingerprint density at radius 1 is 1.10 bits per heavy atom. The van der Waals surface area contributed by atoms with Crippen LogP contribution in [-0.2, 0) is 11.2 Å². The predicted octanol–water partition coefficient (Wildman–Crippen LogP) is 3.88. The highest BCUT2D eigenvalue weighted by Crippen LogP contribution is 2.48. The summed E-state index contributed by atoms with van der Waals surface area (Å²) in [5, 5.41) is 0. The van der Waals surface area contributed by atoms with Gasteiger partial charge in [0.05, 0.1) is 0 Å². The highest BCUT2D eigenvalue weighted by molar-refractivity contribution is 5.87. The van der Waals surface area contributed by atoms with Crippen LogP contribution in [0.1, 0.15) is 23.5 Å². The first-order valence-electron chi connectivity index (χ1n) is 6.67. The first-order chi connectivity index (χ1) is 9.65. The molecule has 1 fully saturated rings. The normalized spacial score (nSPS) is 20.7. The Kier molecular flexibility index (Phi) is 3.35. The zero-order valence-corrected chi connectivity index (χ0v) is 10.9. The van der Waals surface area contributed by atoms with Crippen LogP contribution in [0.2, 0.25) is 0 Å². The van der Waals surface area contributed by atoms with Gasteiger partial charge in [0.15, 0.2) is 0 Å². The lowest BCUT2D eigenvalue weighted by Gasteiger charge is -2.03. The largest absolute Gasteiger partial charge is 0.299 e. The molecule has 0 amide bonds. The van der Waals surface area contributed by atoms with E-state index in [0.29, 0.717) is 0 Å². The van der Waals surface area contributed by atoms with Crippen LogP contribution in [0, 0.1) is 17.6 Å². The average Bonchev–Trinajstić information content (AvgIpc) is 3.23.